The van der Waals surface area contributed by atoms with E-state index in [9.17, 15) is 4.79 Å². The number of nitrogens with one attached hydrogen (secondary N) is 1. The fourth-order valence-electron chi connectivity index (χ4n) is 2.05. The number of benzene rings is 2. The van der Waals surface area contributed by atoms with Gasteiger partial charge in [-0.1, -0.05) is 23.8 Å². The molecule has 0 radical (unpaired) electrons. The van der Waals surface area contributed by atoms with Crippen molar-refractivity contribution < 1.29 is 14.3 Å². The minimum absolute atomic E-state index is 0.123. The summed E-state index contributed by atoms with van der Waals surface area (Å²) >= 11 is 1.72. The Hall–Kier alpha value is -2.14. The van der Waals surface area contributed by atoms with Crippen LogP contribution in [0.5, 0.6) is 11.5 Å². The molecule has 0 fully saturated rings. The van der Waals surface area contributed by atoms with Gasteiger partial charge in [-0.05, 0) is 38.1 Å². The first-order chi connectivity index (χ1) is 11.6. The summed E-state index contributed by atoms with van der Waals surface area (Å²) in [4.78, 5) is 13.3. The number of carbonyl (C=O) groups excluding carboxylic acids is 1. The molecular formula is C19H23NO3S. The molecule has 0 heterocycles. The molecule has 0 aliphatic carbocycles. The minimum Gasteiger partial charge on any atom is -0.497 e. The summed E-state index contributed by atoms with van der Waals surface area (Å²) in [6.07, 6.45) is -0.554. The Kier molecular flexibility index (Phi) is 7.00. The second kappa shape index (κ2) is 9.23. The highest BCUT2D eigenvalue weighted by molar-refractivity contribution is 7.99. The molecule has 0 aliphatic rings. The van der Waals surface area contributed by atoms with Crippen LogP contribution >= 0.6 is 11.8 Å². The molecule has 2 aromatic carbocycles. The normalized spacial score (nSPS) is 11.6. The molecule has 5 heteroatoms. The molecule has 0 saturated carbocycles. The van der Waals surface area contributed by atoms with Gasteiger partial charge in [0, 0.05) is 23.3 Å². The molecule has 2 rings (SSSR count). The van der Waals surface area contributed by atoms with E-state index in [1.807, 2.05) is 12.1 Å². The molecule has 128 valence electrons. The van der Waals surface area contributed by atoms with Crippen LogP contribution in [0.2, 0.25) is 0 Å². The fraction of sp³-hybridized carbons (Fsp3) is 0.316. The lowest BCUT2D eigenvalue weighted by Gasteiger charge is -2.15. The van der Waals surface area contributed by atoms with Crippen molar-refractivity contribution in [1.82, 2.24) is 5.32 Å². The van der Waals surface area contributed by atoms with E-state index in [0.717, 1.165) is 5.75 Å². The van der Waals surface area contributed by atoms with E-state index >= 15 is 0 Å². The van der Waals surface area contributed by atoms with E-state index in [0.29, 0.717) is 18.0 Å². The van der Waals surface area contributed by atoms with E-state index in [2.05, 4.69) is 36.5 Å². The first kappa shape index (κ1) is 18.2. The number of carbonyl (C=O) groups is 1. The van der Waals surface area contributed by atoms with Gasteiger partial charge < -0.3 is 14.8 Å². The fourth-order valence-corrected chi connectivity index (χ4v) is 2.82. The number of methoxy groups -OCH3 is 1. The number of amides is 1. The highest BCUT2D eigenvalue weighted by atomic mass is 32.2. The van der Waals surface area contributed by atoms with Crippen molar-refractivity contribution in [3.8, 4) is 11.5 Å². The van der Waals surface area contributed by atoms with Gasteiger partial charge in [-0.2, -0.15) is 0 Å². The molecule has 0 aliphatic heterocycles. The van der Waals surface area contributed by atoms with Gasteiger partial charge >= 0.3 is 0 Å². The van der Waals surface area contributed by atoms with Crippen molar-refractivity contribution in [1.29, 1.82) is 0 Å². The third-order valence-corrected chi connectivity index (χ3v) is 4.43. The maximum Gasteiger partial charge on any atom is 0.260 e. The Labute approximate surface area is 147 Å². The molecule has 2 aromatic rings. The predicted molar refractivity (Wildman–Crippen MR) is 98.0 cm³/mol. The lowest BCUT2D eigenvalue weighted by Crippen LogP contribution is -2.37. The Morgan fingerprint density at radius 3 is 2.58 bits per heavy atom. The van der Waals surface area contributed by atoms with Crippen LogP contribution < -0.4 is 14.8 Å². The molecule has 1 unspecified atom stereocenters. The molecular weight excluding hydrogens is 322 g/mol. The van der Waals surface area contributed by atoms with Crippen LogP contribution in [0.1, 0.15) is 12.5 Å². The van der Waals surface area contributed by atoms with Crippen LogP contribution in [0.4, 0.5) is 0 Å². The molecule has 0 bridgehead atoms. The zero-order valence-corrected chi connectivity index (χ0v) is 15.1. The standard InChI is InChI=1S/C19H23NO3S/c1-14-7-9-18(10-8-14)24-12-11-20-19(21)15(2)23-17-6-4-5-16(13-17)22-3/h4-10,13,15H,11-12H2,1-3H3,(H,20,21). The number of aryl methyl sites for hydroxylation is 1. The van der Waals surface area contributed by atoms with Gasteiger partial charge in [0.1, 0.15) is 11.5 Å². The van der Waals surface area contributed by atoms with Gasteiger partial charge in [-0.3, -0.25) is 4.79 Å². The Bertz CT molecular complexity index is 658. The first-order valence-corrected chi connectivity index (χ1v) is 8.85. The molecule has 1 atom stereocenters. The van der Waals surface area contributed by atoms with E-state index in [-0.39, 0.29) is 5.91 Å². The van der Waals surface area contributed by atoms with Crippen LogP contribution in [0.25, 0.3) is 0 Å². The first-order valence-electron chi connectivity index (χ1n) is 7.86. The molecule has 0 saturated heterocycles. The molecule has 1 N–H and O–H groups in total. The predicted octanol–water partition coefficient (Wildman–Crippen LogP) is 3.68. The van der Waals surface area contributed by atoms with Gasteiger partial charge in [0.05, 0.1) is 7.11 Å². The van der Waals surface area contributed by atoms with Crippen LogP contribution in [-0.4, -0.2) is 31.4 Å². The second-order valence-corrected chi connectivity index (χ2v) is 6.56. The number of rotatable bonds is 8. The molecule has 4 nitrogen and oxygen atoms in total. The summed E-state index contributed by atoms with van der Waals surface area (Å²) < 4.78 is 10.8. The number of hydrogen-bond acceptors (Lipinski definition) is 4. The summed E-state index contributed by atoms with van der Waals surface area (Å²) in [5, 5.41) is 2.90. The zero-order chi connectivity index (χ0) is 17.4. The molecule has 1 amide bonds. The van der Waals surface area contributed by atoms with E-state index in [1.165, 1.54) is 10.5 Å². The number of hydrogen-bond donors (Lipinski definition) is 1. The Balaban J connectivity index is 1.72. The average Bonchev–Trinajstić information content (AvgIpc) is 2.60. The van der Waals surface area contributed by atoms with Crippen LogP contribution in [0.3, 0.4) is 0 Å². The molecule has 0 aromatic heterocycles. The summed E-state index contributed by atoms with van der Waals surface area (Å²) in [7, 11) is 1.60. The Morgan fingerprint density at radius 2 is 1.88 bits per heavy atom. The summed E-state index contributed by atoms with van der Waals surface area (Å²) in [5.41, 5.74) is 1.25. The van der Waals surface area contributed by atoms with Gasteiger partial charge in [0.15, 0.2) is 6.10 Å². The smallest absolute Gasteiger partial charge is 0.260 e. The van der Waals surface area contributed by atoms with Crippen LogP contribution in [0.15, 0.2) is 53.4 Å². The van der Waals surface area contributed by atoms with Gasteiger partial charge in [0.25, 0.3) is 5.91 Å². The second-order valence-electron chi connectivity index (χ2n) is 5.39. The monoisotopic (exact) mass is 345 g/mol. The van der Waals surface area contributed by atoms with Crippen LogP contribution in [-0.2, 0) is 4.79 Å². The maximum atomic E-state index is 12.1. The average molecular weight is 345 g/mol. The highest BCUT2D eigenvalue weighted by Crippen LogP contribution is 2.20. The highest BCUT2D eigenvalue weighted by Gasteiger charge is 2.14. The Morgan fingerprint density at radius 1 is 1.17 bits per heavy atom. The van der Waals surface area contributed by atoms with Crippen molar-refractivity contribution in [3.05, 3.63) is 54.1 Å². The van der Waals surface area contributed by atoms with Crippen molar-refractivity contribution >= 4 is 17.7 Å². The number of thioether (sulfide) groups is 1. The molecule has 24 heavy (non-hydrogen) atoms. The minimum atomic E-state index is -0.554. The SMILES string of the molecule is COc1cccc(OC(C)C(=O)NCCSc2ccc(C)cc2)c1. The quantitative estimate of drug-likeness (QED) is 0.586. The van der Waals surface area contributed by atoms with Gasteiger partial charge in [0.2, 0.25) is 0 Å². The third-order valence-electron chi connectivity index (χ3n) is 3.41. The lowest BCUT2D eigenvalue weighted by atomic mass is 10.2. The van der Waals surface area contributed by atoms with Crippen molar-refractivity contribution in [3.63, 3.8) is 0 Å². The third kappa shape index (κ3) is 5.81. The lowest BCUT2D eigenvalue weighted by molar-refractivity contribution is -0.127. The van der Waals surface area contributed by atoms with Crippen molar-refractivity contribution in [2.24, 2.45) is 0 Å². The summed E-state index contributed by atoms with van der Waals surface area (Å²) in [6, 6.07) is 15.6. The van der Waals surface area contributed by atoms with Crippen molar-refractivity contribution in [2.75, 3.05) is 19.4 Å². The van der Waals surface area contributed by atoms with E-state index in [1.54, 1.807) is 37.9 Å². The summed E-state index contributed by atoms with van der Waals surface area (Å²) in [6.45, 7) is 4.41. The van der Waals surface area contributed by atoms with Gasteiger partial charge in [-0.25, -0.2) is 0 Å². The van der Waals surface area contributed by atoms with E-state index in [4.69, 9.17) is 9.47 Å². The van der Waals surface area contributed by atoms with E-state index < -0.39 is 6.10 Å². The van der Waals surface area contributed by atoms with Crippen molar-refractivity contribution in [2.45, 2.75) is 24.8 Å². The van der Waals surface area contributed by atoms with Gasteiger partial charge in [-0.15, -0.1) is 11.8 Å². The van der Waals surface area contributed by atoms with Crippen LogP contribution in [0, 0.1) is 6.92 Å². The summed E-state index contributed by atoms with van der Waals surface area (Å²) in [5.74, 6) is 2.02. The zero-order valence-electron chi connectivity index (χ0n) is 14.2. The largest absolute Gasteiger partial charge is 0.497 e. The molecule has 0 spiro atoms. The number of ether oxygens (including phenoxy) is 2. The topological polar surface area (TPSA) is 47.6 Å². The maximum absolute atomic E-state index is 12.1.